The molecule has 0 aromatic carbocycles. The zero-order valence-corrected chi connectivity index (χ0v) is 5.92. The molecule has 0 aliphatic rings. The van der Waals surface area contributed by atoms with Gasteiger partial charge in [0.25, 0.3) is 0 Å². The number of primary amides is 1. The summed E-state index contributed by atoms with van der Waals surface area (Å²) in [4.78, 5) is 10.2. The molecule has 1 atom stereocenters. The van der Waals surface area contributed by atoms with Crippen LogP contribution >= 0.6 is 0 Å². The lowest BCUT2D eigenvalue weighted by molar-refractivity contribution is 0.247. The Morgan fingerprint density at radius 1 is 1.90 bits per heavy atom. The summed E-state index contributed by atoms with van der Waals surface area (Å²) in [5.74, 6) is 0. The first-order valence-corrected chi connectivity index (χ1v) is 3.16. The maximum Gasteiger partial charge on any atom is 0.313 e. The zero-order chi connectivity index (χ0) is 7.98. The minimum Gasteiger partial charge on any atom is -0.352 e. The maximum atomic E-state index is 10.2. The van der Waals surface area contributed by atoms with Gasteiger partial charge >= 0.3 is 6.03 Å². The van der Waals surface area contributed by atoms with Crippen molar-refractivity contribution in [2.75, 3.05) is 0 Å². The van der Waals surface area contributed by atoms with E-state index in [0.717, 1.165) is 6.42 Å². The van der Waals surface area contributed by atoms with Gasteiger partial charge in [-0.3, -0.25) is 0 Å². The molecule has 0 bridgehead atoms. The lowest BCUT2D eigenvalue weighted by atomic mass is 10.2. The number of hydrogen-bond acceptors (Lipinski definition) is 2. The van der Waals surface area contributed by atoms with Crippen molar-refractivity contribution in [3.05, 3.63) is 0 Å². The Kier molecular flexibility index (Phi) is 4.05. The molecule has 2 amide bonds. The molecule has 0 saturated heterocycles. The topological polar surface area (TPSA) is 78.9 Å². The van der Waals surface area contributed by atoms with Crippen LogP contribution in [0.3, 0.4) is 0 Å². The molecule has 10 heavy (non-hydrogen) atoms. The Morgan fingerprint density at radius 3 is 2.80 bits per heavy atom. The molecule has 1 unspecified atom stereocenters. The molecule has 0 aliphatic heterocycles. The van der Waals surface area contributed by atoms with Gasteiger partial charge in [-0.2, -0.15) is 5.26 Å². The summed E-state index contributed by atoms with van der Waals surface area (Å²) < 4.78 is 0. The van der Waals surface area contributed by atoms with Crippen molar-refractivity contribution in [2.45, 2.75) is 25.8 Å². The van der Waals surface area contributed by atoms with Crippen LogP contribution in [-0.4, -0.2) is 12.1 Å². The molecule has 0 heterocycles. The van der Waals surface area contributed by atoms with Gasteiger partial charge in [0, 0.05) is 0 Å². The highest BCUT2D eigenvalue weighted by molar-refractivity contribution is 5.72. The normalized spacial score (nSPS) is 11.6. The second-order valence-corrected chi connectivity index (χ2v) is 1.98. The molecule has 56 valence electrons. The fourth-order valence-electron chi connectivity index (χ4n) is 0.629. The van der Waals surface area contributed by atoms with Crippen LogP contribution in [0.25, 0.3) is 0 Å². The van der Waals surface area contributed by atoms with Crippen LogP contribution < -0.4 is 11.1 Å². The van der Waals surface area contributed by atoms with Gasteiger partial charge in [-0.15, -0.1) is 0 Å². The molecule has 0 radical (unpaired) electrons. The molecule has 0 fully saturated rings. The van der Waals surface area contributed by atoms with Crippen molar-refractivity contribution in [2.24, 2.45) is 5.73 Å². The van der Waals surface area contributed by atoms with E-state index in [1.54, 1.807) is 0 Å². The van der Waals surface area contributed by atoms with Crippen LogP contribution in [-0.2, 0) is 0 Å². The second-order valence-electron chi connectivity index (χ2n) is 1.98. The van der Waals surface area contributed by atoms with E-state index in [1.807, 2.05) is 13.0 Å². The lowest BCUT2D eigenvalue weighted by Crippen LogP contribution is -2.37. The number of hydrogen-bond donors (Lipinski definition) is 2. The average Bonchev–Trinajstić information content (AvgIpc) is 1.86. The number of carbonyl (C=O) groups excluding carboxylic acids is 1. The first kappa shape index (κ1) is 8.76. The van der Waals surface area contributed by atoms with Gasteiger partial charge in [-0.05, 0) is 6.42 Å². The Morgan fingerprint density at radius 2 is 2.50 bits per heavy atom. The SMILES string of the molecule is CCCC(C#N)NC(N)=O. The van der Waals surface area contributed by atoms with Crippen molar-refractivity contribution in [1.82, 2.24) is 5.32 Å². The third kappa shape index (κ3) is 3.72. The quantitative estimate of drug-likeness (QED) is 0.594. The smallest absolute Gasteiger partial charge is 0.313 e. The highest BCUT2D eigenvalue weighted by Gasteiger charge is 2.05. The van der Waals surface area contributed by atoms with Crippen LogP contribution in [0.15, 0.2) is 0 Å². The Balaban J connectivity index is 3.63. The van der Waals surface area contributed by atoms with Crippen LogP contribution in [0.5, 0.6) is 0 Å². The molecule has 0 rings (SSSR count). The molecule has 0 aliphatic carbocycles. The second kappa shape index (κ2) is 4.62. The number of amides is 2. The minimum absolute atomic E-state index is 0.428. The van der Waals surface area contributed by atoms with Crippen molar-refractivity contribution >= 4 is 6.03 Å². The van der Waals surface area contributed by atoms with Crippen LogP contribution in [0.4, 0.5) is 4.79 Å². The first-order valence-electron chi connectivity index (χ1n) is 3.16. The Bertz CT molecular complexity index is 150. The van der Waals surface area contributed by atoms with Crippen molar-refractivity contribution < 1.29 is 4.79 Å². The van der Waals surface area contributed by atoms with Gasteiger partial charge in [0.05, 0.1) is 6.07 Å². The Labute approximate surface area is 60.0 Å². The number of nitrogens with two attached hydrogens (primary N) is 1. The van der Waals surface area contributed by atoms with Crippen molar-refractivity contribution in [3.8, 4) is 6.07 Å². The summed E-state index contributed by atoms with van der Waals surface area (Å²) in [6.07, 6.45) is 1.51. The summed E-state index contributed by atoms with van der Waals surface area (Å²) >= 11 is 0. The number of nitrogens with one attached hydrogen (secondary N) is 1. The summed E-state index contributed by atoms with van der Waals surface area (Å²) in [7, 11) is 0. The van der Waals surface area contributed by atoms with Gasteiger partial charge in [-0.1, -0.05) is 13.3 Å². The number of nitriles is 1. The van der Waals surface area contributed by atoms with E-state index in [-0.39, 0.29) is 0 Å². The standard InChI is InChI=1S/C6H11N3O/c1-2-3-5(4-7)9-6(8)10/h5H,2-3H2,1H3,(H3,8,9,10). The summed E-state index contributed by atoms with van der Waals surface area (Å²) in [5.41, 5.74) is 4.80. The summed E-state index contributed by atoms with van der Waals surface area (Å²) in [6, 6.07) is 0.855. The highest BCUT2D eigenvalue weighted by Crippen LogP contribution is 1.93. The molecule has 4 heteroatoms. The molecular weight excluding hydrogens is 130 g/mol. The number of nitrogens with zero attached hydrogens (tertiary/aromatic N) is 1. The fourth-order valence-corrected chi connectivity index (χ4v) is 0.629. The zero-order valence-electron chi connectivity index (χ0n) is 5.92. The maximum absolute atomic E-state index is 10.2. The van der Waals surface area contributed by atoms with Gasteiger partial charge < -0.3 is 11.1 Å². The highest BCUT2D eigenvalue weighted by atomic mass is 16.2. The van der Waals surface area contributed by atoms with Gasteiger partial charge in [0.1, 0.15) is 6.04 Å². The fraction of sp³-hybridized carbons (Fsp3) is 0.667. The van der Waals surface area contributed by atoms with E-state index in [9.17, 15) is 4.79 Å². The predicted molar refractivity (Wildman–Crippen MR) is 37.0 cm³/mol. The Hall–Kier alpha value is -1.24. The van der Waals surface area contributed by atoms with E-state index >= 15 is 0 Å². The van der Waals surface area contributed by atoms with Gasteiger partial charge in [0.15, 0.2) is 0 Å². The van der Waals surface area contributed by atoms with E-state index in [2.05, 4.69) is 5.32 Å². The average molecular weight is 141 g/mol. The molecule has 3 N–H and O–H groups in total. The minimum atomic E-state index is -0.639. The third-order valence-electron chi connectivity index (χ3n) is 1.05. The predicted octanol–water partition coefficient (Wildman–Crippen LogP) is 0.347. The monoisotopic (exact) mass is 141 g/mol. The molecule has 0 aromatic rings. The van der Waals surface area contributed by atoms with E-state index in [1.165, 1.54) is 0 Å². The van der Waals surface area contributed by atoms with Gasteiger partial charge in [0.2, 0.25) is 0 Å². The molecule has 4 nitrogen and oxygen atoms in total. The summed E-state index contributed by atoms with van der Waals surface area (Å²) in [5, 5.41) is 10.7. The first-order chi connectivity index (χ1) is 4.70. The van der Waals surface area contributed by atoms with E-state index < -0.39 is 12.1 Å². The van der Waals surface area contributed by atoms with Crippen molar-refractivity contribution in [3.63, 3.8) is 0 Å². The lowest BCUT2D eigenvalue weighted by Gasteiger charge is -2.05. The number of rotatable bonds is 3. The van der Waals surface area contributed by atoms with Crippen molar-refractivity contribution in [1.29, 1.82) is 5.26 Å². The van der Waals surface area contributed by atoms with Crippen LogP contribution in [0.1, 0.15) is 19.8 Å². The molecule has 0 saturated carbocycles. The van der Waals surface area contributed by atoms with Crippen LogP contribution in [0, 0.1) is 11.3 Å². The molecule has 0 aromatic heterocycles. The van der Waals surface area contributed by atoms with E-state index in [0.29, 0.717) is 6.42 Å². The third-order valence-corrected chi connectivity index (χ3v) is 1.05. The number of carbonyl (C=O) groups is 1. The largest absolute Gasteiger partial charge is 0.352 e. The summed E-state index contributed by atoms with van der Waals surface area (Å²) in [6.45, 7) is 1.94. The van der Waals surface area contributed by atoms with Crippen LogP contribution in [0.2, 0.25) is 0 Å². The van der Waals surface area contributed by atoms with E-state index in [4.69, 9.17) is 11.0 Å². The van der Waals surface area contributed by atoms with Gasteiger partial charge in [-0.25, -0.2) is 4.79 Å². The number of urea groups is 1. The molecular formula is C6H11N3O. The molecule has 0 spiro atoms.